The molecule has 1 aromatic rings. The summed E-state index contributed by atoms with van der Waals surface area (Å²) in [6.07, 6.45) is 4.56. The standard InChI is InChI=1S/C16H17NO2/c1-2-19-15(18)12-10-14(17-11-12)16(8-9-16)13-6-4-3-5-7-13/h3-7,11H,2,8-10H2,1H3. The van der Waals surface area contributed by atoms with Crippen LogP contribution in [0.25, 0.3) is 0 Å². The normalized spacial score (nSPS) is 19.6. The Morgan fingerprint density at radius 2 is 2.05 bits per heavy atom. The van der Waals surface area contributed by atoms with Crippen LogP contribution in [0.2, 0.25) is 0 Å². The molecule has 2 aliphatic rings. The average molecular weight is 255 g/mol. The number of rotatable bonds is 4. The summed E-state index contributed by atoms with van der Waals surface area (Å²) in [5.74, 6) is -0.231. The molecule has 1 saturated carbocycles. The molecule has 1 fully saturated rings. The minimum atomic E-state index is -0.231. The first-order chi connectivity index (χ1) is 9.26. The highest BCUT2D eigenvalue weighted by molar-refractivity contribution is 6.07. The molecule has 1 heterocycles. The smallest absolute Gasteiger partial charge is 0.335 e. The molecule has 0 bridgehead atoms. The second kappa shape index (κ2) is 4.65. The minimum absolute atomic E-state index is 0.0754. The summed E-state index contributed by atoms with van der Waals surface area (Å²) >= 11 is 0. The summed E-state index contributed by atoms with van der Waals surface area (Å²) < 4.78 is 5.03. The maximum atomic E-state index is 11.7. The van der Waals surface area contributed by atoms with Gasteiger partial charge in [0.05, 0.1) is 12.2 Å². The molecule has 0 atom stereocenters. The number of ether oxygens (including phenoxy) is 1. The Balaban J connectivity index is 1.75. The topological polar surface area (TPSA) is 38.7 Å². The lowest BCUT2D eigenvalue weighted by Gasteiger charge is -2.16. The van der Waals surface area contributed by atoms with Gasteiger partial charge < -0.3 is 4.74 Å². The quantitative estimate of drug-likeness (QED) is 0.776. The van der Waals surface area contributed by atoms with Gasteiger partial charge in [-0.3, -0.25) is 4.99 Å². The van der Waals surface area contributed by atoms with Gasteiger partial charge in [0, 0.05) is 23.7 Å². The van der Waals surface area contributed by atoms with Crippen molar-refractivity contribution >= 4 is 11.7 Å². The minimum Gasteiger partial charge on any atom is -0.463 e. The van der Waals surface area contributed by atoms with E-state index in [0.717, 1.165) is 18.6 Å². The molecular formula is C16H17NO2. The number of hydrogen-bond acceptors (Lipinski definition) is 3. The van der Waals surface area contributed by atoms with Crippen LogP contribution in [0.3, 0.4) is 0 Å². The van der Waals surface area contributed by atoms with Crippen LogP contribution in [0.1, 0.15) is 31.7 Å². The van der Waals surface area contributed by atoms with Gasteiger partial charge in [-0.05, 0) is 25.3 Å². The molecule has 1 aromatic carbocycles. The molecule has 19 heavy (non-hydrogen) atoms. The highest BCUT2D eigenvalue weighted by atomic mass is 16.5. The van der Waals surface area contributed by atoms with Crippen molar-refractivity contribution in [2.45, 2.75) is 31.6 Å². The Labute approximate surface area is 113 Å². The largest absolute Gasteiger partial charge is 0.463 e. The van der Waals surface area contributed by atoms with Crippen molar-refractivity contribution in [1.29, 1.82) is 0 Å². The zero-order valence-corrected chi connectivity index (χ0v) is 11.1. The molecular weight excluding hydrogens is 238 g/mol. The summed E-state index contributed by atoms with van der Waals surface area (Å²) in [7, 11) is 0. The van der Waals surface area contributed by atoms with Crippen molar-refractivity contribution in [3.63, 3.8) is 0 Å². The van der Waals surface area contributed by atoms with Gasteiger partial charge in [-0.2, -0.15) is 0 Å². The van der Waals surface area contributed by atoms with Gasteiger partial charge in [-0.15, -0.1) is 0 Å². The third-order valence-corrected chi connectivity index (χ3v) is 3.90. The fourth-order valence-electron chi connectivity index (χ4n) is 2.69. The zero-order chi connectivity index (χ0) is 13.3. The second-order valence-electron chi connectivity index (χ2n) is 5.08. The van der Waals surface area contributed by atoms with Crippen LogP contribution in [0.4, 0.5) is 0 Å². The monoisotopic (exact) mass is 255 g/mol. The van der Waals surface area contributed by atoms with Crippen molar-refractivity contribution in [3.8, 4) is 0 Å². The van der Waals surface area contributed by atoms with E-state index in [2.05, 4.69) is 29.3 Å². The summed E-state index contributed by atoms with van der Waals surface area (Å²) in [5, 5.41) is 0. The van der Waals surface area contributed by atoms with Gasteiger partial charge in [0.25, 0.3) is 0 Å². The summed E-state index contributed by atoms with van der Waals surface area (Å²) in [4.78, 5) is 16.2. The number of aliphatic imine (C=N–C) groups is 1. The van der Waals surface area contributed by atoms with Crippen LogP contribution in [0, 0.1) is 0 Å². The summed E-state index contributed by atoms with van der Waals surface area (Å²) in [6, 6.07) is 10.4. The number of carbonyl (C=O) groups excluding carboxylic acids is 1. The van der Waals surface area contributed by atoms with Crippen LogP contribution in [-0.4, -0.2) is 18.3 Å². The fourth-order valence-corrected chi connectivity index (χ4v) is 2.69. The summed E-state index contributed by atoms with van der Waals surface area (Å²) in [5.41, 5.74) is 3.18. The first-order valence-corrected chi connectivity index (χ1v) is 6.75. The molecule has 98 valence electrons. The third kappa shape index (κ3) is 2.09. The average Bonchev–Trinajstić information content (AvgIpc) is 3.10. The highest BCUT2D eigenvalue weighted by Crippen LogP contribution is 2.51. The van der Waals surface area contributed by atoms with E-state index < -0.39 is 0 Å². The molecule has 3 nitrogen and oxygen atoms in total. The van der Waals surface area contributed by atoms with Crippen LogP contribution in [0.15, 0.2) is 47.1 Å². The predicted octanol–water partition coefficient (Wildman–Crippen LogP) is 3.01. The lowest BCUT2D eigenvalue weighted by molar-refractivity contribution is -0.138. The Hall–Kier alpha value is -1.90. The van der Waals surface area contributed by atoms with E-state index in [9.17, 15) is 4.79 Å². The number of esters is 1. The predicted molar refractivity (Wildman–Crippen MR) is 74.1 cm³/mol. The molecule has 0 unspecified atom stereocenters. The van der Waals surface area contributed by atoms with Gasteiger partial charge in [0.2, 0.25) is 0 Å². The Bertz CT molecular complexity index is 553. The third-order valence-electron chi connectivity index (χ3n) is 3.90. The van der Waals surface area contributed by atoms with E-state index >= 15 is 0 Å². The lowest BCUT2D eigenvalue weighted by atomic mass is 9.88. The van der Waals surface area contributed by atoms with E-state index in [1.54, 1.807) is 6.20 Å². The highest BCUT2D eigenvalue weighted by Gasteiger charge is 2.49. The van der Waals surface area contributed by atoms with Gasteiger partial charge >= 0.3 is 5.97 Å². The first-order valence-electron chi connectivity index (χ1n) is 6.75. The SMILES string of the molecule is CCOC(=O)C1=CN=C(C2(c3ccccc3)CC2)C1. The van der Waals surface area contributed by atoms with Gasteiger partial charge in [0.1, 0.15) is 0 Å². The molecule has 1 aliphatic heterocycles. The molecule has 0 saturated heterocycles. The molecule has 1 aliphatic carbocycles. The zero-order valence-electron chi connectivity index (χ0n) is 11.1. The molecule has 0 spiro atoms. The van der Waals surface area contributed by atoms with Crippen molar-refractivity contribution < 1.29 is 9.53 Å². The number of carbonyl (C=O) groups is 1. The van der Waals surface area contributed by atoms with Gasteiger partial charge in [-0.25, -0.2) is 4.79 Å². The van der Waals surface area contributed by atoms with E-state index in [-0.39, 0.29) is 11.4 Å². The Morgan fingerprint density at radius 1 is 1.32 bits per heavy atom. The molecule has 0 aromatic heterocycles. The molecule has 3 heteroatoms. The van der Waals surface area contributed by atoms with Crippen LogP contribution in [0.5, 0.6) is 0 Å². The first kappa shape index (κ1) is 12.2. The van der Waals surface area contributed by atoms with E-state index in [0.29, 0.717) is 18.6 Å². The lowest BCUT2D eigenvalue weighted by Crippen LogP contribution is -2.20. The molecule has 0 amide bonds. The summed E-state index contributed by atoms with van der Waals surface area (Å²) in [6.45, 7) is 2.23. The van der Waals surface area contributed by atoms with Gasteiger partial charge in [0.15, 0.2) is 0 Å². The number of benzene rings is 1. The number of hydrogen-bond donors (Lipinski definition) is 0. The molecule has 0 N–H and O–H groups in total. The van der Waals surface area contributed by atoms with Gasteiger partial charge in [-0.1, -0.05) is 30.3 Å². The van der Waals surface area contributed by atoms with Crippen molar-refractivity contribution in [3.05, 3.63) is 47.7 Å². The second-order valence-corrected chi connectivity index (χ2v) is 5.08. The Kier molecular flexibility index (Phi) is 2.97. The van der Waals surface area contributed by atoms with E-state index in [1.165, 1.54) is 5.56 Å². The number of nitrogens with zero attached hydrogens (tertiary/aromatic N) is 1. The van der Waals surface area contributed by atoms with E-state index in [4.69, 9.17) is 4.74 Å². The van der Waals surface area contributed by atoms with Crippen molar-refractivity contribution in [2.75, 3.05) is 6.61 Å². The fraction of sp³-hybridized carbons (Fsp3) is 0.375. The maximum absolute atomic E-state index is 11.7. The maximum Gasteiger partial charge on any atom is 0.335 e. The van der Waals surface area contributed by atoms with Crippen LogP contribution < -0.4 is 0 Å². The Morgan fingerprint density at radius 3 is 2.68 bits per heavy atom. The van der Waals surface area contributed by atoms with Crippen molar-refractivity contribution in [2.24, 2.45) is 4.99 Å². The molecule has 3 rings (SSSR count). The van der Waals surface area contributed by atoms with E-state index in [1.807, 2.05) is 13.0 Å². The van der Waals surface area contributed by atoms with Crippen LogP contribution >= 0.6 is 0 Å². The van der Waals surface area contributed by atoms with Crippen LogP contribution in [-0.2, 0) is 14.9 Å². The van der Waals surface area contributed by atoms with Crippen molar-refractivity contribution in [1.82, 2.24) is 0 Å². The molecule has 0 radical (unpaired) electrons.